The second kappa shape index (κ2) is 7.85. The normalized spacial score (nSPS) is 13.3. The number of halogens is 4. The van der Waals surface area contributed by atoms with Crippen LogP contribution in [-0.4, -0.2) is 33.0 Å². The molecular formula is C13H17BrF3NO2. The highest BCUT2D eigenvalue weighted by atomic mass is 79.9. The Bertz CT molecular complexity index is 427. The first-order valence-corrected chi connectivity index (χ1v) is 6.90. The van der Waals surface area contributed by atoms with Crippen LogP contribution in [0.5, 0.6) is 5.75 Å². The van der Waals surface area contributed by atoms with Gasteiger partial charge in [0.2, 0.25) is 0 Å². The number of hydrogen-bond acceptors (Lipinski definition) is 3. The predicted molar refractivity (Wildman–Crippen MR) is 74.0 cm³/mol. The summed E-state index contributed by atoms with van der Waals surface area (Å²) in [5, 5.41) is 2.93. The van der Waals surface area contributed by atoms with Crippen molar-refractivity contribution in [3.8, 4) is 5.75 Å². The largest absolute Gasteiger partial charge is 0.493 e. The van der Waals surface area contributed by atoms with Crippen LogP contribution in [0.25, 0.3) is 0 Å². The van der Waals surface area contributed by atoms with Gasteiger partial charge in [0.15, 0.2) is 0 Å². The number of likely N-dealkylation sites (N-methyl/N-ethyl adjacent to an activating group) is 1. The van der Waals surface area contributed by atoms with Gasteiger partial charge in [-0.3, -0.25) is 0 Å². The average molecular weight is 356 g/mol. The molecule has 1 unspecified atom stereocenters. The zero-order chi connectivity index (χ0) is 15.2. The van der Waals surface area contributed by atoms with Crippen molar-refractivity contribution in [2.45, 2.75) is 19.1 Å². The zero-order valence-electron chi connectivity index (χ0n) is 11.3. The maximum atomic E-state index is 12.0. The molecule has 0 radical (unpaired) electrons. The summed E-state index contributed by atoms with van der Waals surface area (Å²) in [5.41, 5.74) is 0.824. The molecular weight excluding hydrogens is 339 g/mol. The lowest BCUT2D eigenvalue weighted by molar-refractivity contribution is -0.175. The average Bonchev–Trinajstić information content (AvgIpc) is 2.36. The molecule has 0 fully saturated rings. The van der Waals surface area contributed by atoms with Gasteiger partial charge < -0.3 is 14.8 Å². The third-order valence-electron chi connectivity index (χ3n) is 2.56. The highest BCUT2D eigenvalue weighted by Gasteiger charge is 2.28. The van der Waals surface area contributed by atoms with Crippen molar-refractivity contribution >= 4 is 15.9 Å². The van der Waals surface area contributed by atoms with Gasteiger partial charge in [-0.25, -0.2) is 0 Å². The molecule has 20 heavy (non-hydrogen) atoms. The standard InChI is InChI=1S/C13H17BrF3NO2/c1-3-20-12-5-4-9(6-10(12)14)11(18-2)7-19-8-13(15,16)17/h4-6,11,18H,3,7-8H2,1-2H3. The summed E-state index contributed by atoms with van der Waals surface area (Å²) in [6, 6.07) is 5.07. The number of ether oxygens (including phenoxy) is 2. The third-order valence-corrected chi connectivity index (χ3v) is 3.18. The highest BCUT2D eigenvalue weighted by molar-refractivity contribution is 9.10. The van der Waals surface area contributed by atoms with E-state index in [1.807, 2.05) is 13.0 Å². The molecule has 0 spiro atoms. The van der Waals surface area contributed by atoms with Crippen molar-refractivity contribution < 1.29 is 22.6 Å². The summed E-state index contributed by atoms with van der Waals surface area (Å²) in [4.78, 5) is 0. The van der Waals surface area contributed by atoms with Gasteiger partial charge >= 0.3 is 6.18 Å². The van der Waals surface area contributed by atoms with Crippen LogP contribution >= 0.6 is 15.9 Å². The maximum Gasteiger partial charge on any atom is 0.411 e. The fourth-order valence-electron chi connectivity index (χ4n) is 1.65. The summed E-state index contributed by atoms with van der Waals surface area (Å²) in [5.74, 6) is 0.697. The molecule has 0 saturated carbocycles. The van der Waals surface area contributed by atoms with E-state index in [0.717, 1.165) is 10.0 Å². The van der Waals surface area contributed by atoms with E-state index < -0.39 is 12.8 Å². The molecule has 0 aromatic heterocycles. The lowest BCUT2D eigenvalue weighted by Crippen LogP contribution is -2.25. The second-order valence-electron chi connectivity index (χ2n) is 4.09. The smallest absolute Gasteiger partial charge is 0.411 e. The van der Waals surface area contributed by atoms with Crippen LogP contribution in [0.2, 0.25) is 0 Å². The molecule has 3 nitrogen and oxygen atoms in total. The Labute approximate surface area is 124 Å². The minimum atomic E-state index is -4.31. The zero-order valence-corrected chi connectivity index (χ0v) is 12.8. The van der Waals surface area contributed by atoms with Gasteiger partial charge in [-0.2, -0.15) is 13.2 Å². The van der Waals surface area contributed by atoms with Crippen LogP contribution in [0.15, 0.2) is 22.7 Å². The van der Waals surface area contributed by atoms with Crippen molar-refractivity contribution in [3.63, 3.8) is 0 Å². The van der Waals surface area contributed by atoms with E-state index in [4.69, 9.17) is 4.74 Å². The number of alkyl halides is 3. The lowest BCUT2D eigenvalue weighted by Gasteiger charge is -2.18. The van der Waals surface area contributed by atoms with E-state index >= 15 is 0 Å². The molecule has 114 valence electrons. The van der Waals surface area contributed by atoms with Gasteiger partial charge in [0.05, 0.1) is 23.7 Å². The van der Waals surface area contributed by atoms with Crippen LogP contribution in [0.3, 0.4) is 0 Å². The molecule has 0 saturated heterocycles. The van der Waals surface area contributed by atoms with Gasteiger partial charge in [0.25, 0.3) is 0 Å². The first-order chi connectivity index (χ1) is 9.37. The van der Waals surface area contributed by atoms with Crippen LogP contribution in [0.4, 0.5) is 13.2 Å². The Kier molecular flexibility index (Phi) is 6.78. The molecule has 1 N–H and O–H groups in total. The van der Waals surface area contributed by atoms with Crippen LogP contribution < -0.4 is 10.1 Å². The van der Waals surface area contributed by atoms with Crippen molar-refractivity contribution in [3.05, 3.63) is 28.2 Å². The van der Waals surface area contributed by atoms with E-state index in [9.17, 15) is 13.2 Å². The quantitative estimate of drug-likeness (QED) is 0.809. The molecule has 1 aromatic rings. The molecule has 1 aromatic carbocycles. The monoisotopic (exact) mass is 355 g/mol. The Morgan fingerprint density at radius 3 is 2.55 bits per heavy atom. The molecule has 1 atom stereocenters. The first kappa shape index (κ1) is 17.3. The molecule has 0 aliphatic heterocycles. The van der Waals surface area contributed by atoms with Crippen LogP contribution in [0, 0.1) is 0 Å². The summed E-state index contributed by atoms with van der Waals surface area (Å²) in [6.45, 7) is 1.11. The van der Waals surface area contributed by atoms with Gasteiger partial charge in [-0.1, -0.05) is 6.07 Å². The van der Waals surface area contributed by atoms with Crippen molar-refractivity contribution in [2.24, 2.45) is 0 Å². The Hall–Kier alpha value is -0.790. The molecule has 0 aliphatic carbocycles. The van der Waals surface area contributed by atoms with E-state index in [2.05, 4.69) is 26.0 Å². The Morgan fingerprint density at radius 1 is 1.35 bits per heavy atom. The molecule has 0 aliphatic rings. The van der Waals surface area contributed by atoms with Gasteiger partial charge in [-0.05, 0) is 47.6 Å². The third kappa shape index (κ3) is 5.68. The minimum Gasteiger partial charge on any atom is -0.493 e. The summed E-state index contributed by atoms with van der Waals surface area (Å²) >= 11 is 3.37. The second-order valence-corrected chi connectivity index (χ2v) is 4.95. The maximum absolute atomic E-state index is 12.0. The first-order valence-electron chi connectivity index (χ1n) is 6.11. The van der Waals surface area contributed by atoms with E-state index in [-0.39, 0.29) is 12.6 Å². The molecule has 0 heterocycles. The molecule has 0 amide bonds. The number of hydrogen-bond donors (Lipinski definition) is 1. The molecule has 1 rings (SSSR count). The van der Waals surface area contributed by atoms with Gasteiger partial charge in [-0.15, -0.1) is 0 Å². The van der Waals surface area contributed by atoms with Crippen molar-refractivity contribution in [1.29, 1.82) is 0 Å². The number of nitrogens with one attached hydrogen (secondary N) is 1. The minimum absolute atomic E-state index is 0.0591. The highest BCUT2D eigenvalue weighted by Crippen LogP contribution is 2.28. The summed E-state index contributed by atoms with van der Waals surface area (Å²) in [7, 11) is 1.67. The Balaban J connectivity index is 2.67. The van der Waals surface area contributed by atoms with E-state index in [1.54, 1.807) is 19.2 Å². The van der Waals surface area contributed by atoms with E-state index in [0.29, 0.717) is 12.4 Å². The lowest BCUT2D eigenvalue weighted by atomic mass is 10.1. The fraction of sp³-hybridized carbons (Fsp3) is 0.538. The van der Waals surface area contributed by atoms with Crippen molar-refractivity contribution in [2.75, 3.05) is 26.9 Å². The number of rotatable bonds is 7. The van der Waals surface area contributed by atoms with Crippen molar-refractivity contribution in [1.82, 2.24) is 5.32 Å². The van der Waals surface area contributed by atoms with Crippen LogP contribution in [-0.2, 0) is 4.74 Å². The molecule has 7 heteroatoms. The number of benzene rings is 1. The van der Waals surface area contributed by atoms with Gasteiger partial charge in [0, 0.05) is 0 Å². The summed E-state index contributed by atoms with van der Waals surface area (Å²) < 4.78 is 47.0. The van der Waals surface area contributed by atoms with Gasteiger partial charge in [0.1, 0.15) is 12.4 Å². The van der Waals surface area contributed by atoms with Crippen LogP contribution in [0.1, 0.15) is 18.5 Å². The van der Waals surface area contributed by atoms with E-state index in [1.165, 1.54) is 0 Å². The summed E-state index contributed by atoms with van der Waals surface area (Å²) in [6.07, 6.45) is -4.31. The topological polar surface area (TPSA) is 30.5 Å². The Morgan fingerprint density at radius 2 is 2.05 bits per heavy atom. The predicted octanol–water partition coefficient (Wildman–Crippen LogP) is 3.69. The fourth-order valence-corrected chi connectivity index (χ4v) is 2.16. The SMILES string of the molecule is CCOc1ccc(C(COCC(F)(F)F)NC)cc1Br. The molecule has 0 bridgehead atoms.